The molecule has 16 heavy (non-hydrogen) atoms. The van der Waals surface area contributed by atoms with E-state index in [0.29, 0.717) is 21.8 Å². The summed E-state index contributed by atoms with van der Waals surface area (Å²) in [5, 5.41) is 10.6. The molecule has 1 atom stereocenters. The molecule has 84 valence electrons. The predicted molar refractivity (Wildman–Crippen MR) is 69.3 cm³/mol. The maximum atomic E-state index is 10.1. The summed E-state index contributed by atoms with van der Waals surface area (Å²) in [5.41, 5.74) is 7.47. The van der Waals surface area contributed by atoms with Gasteiger partial charge in [-0.3, -0.25) is 0 Å². The smallest absolute Gasteiger partial charge is 0.106 e. The average Bonchev–Trinajstić information content (AvgIpc) is 2.28. The molecule has 0 aliphatic rings. The van der Waals surface area contributed by atoms with E-state index in [-0.39, 0.29) is 0 Å². The van der Waals surface area contributed by atoms with Gasteiger partial charge in [0.2, 0.25) is 0 Å². The van der Waals surface area contributed by atoms with E-state index in [4.69, 9.17) is 17.3 Å². The number of allylic oxidation sites excluding steroid dienone is 2. The third kappa shape index (κ3) is 2.75. The minimum atomic E-state index is -0.839. The van der Waals surface area contributed by atoms with Crippen LogP contribution >= 0.6 is 11.6 Å². The minimum Gasteiger partial charge on any atom is -0.398 e. The zero-order valence-corrected chi connectivity index (χ0v) is 9.61. The van der Waals surface area contributed by atoms with Gasteiger partial charge >= 0.3 is 0 Å². The molecule has 3 heteroatoms. The second-order valence-corrected chi connectivity index (χ2v) is 3.72. The number of rotatable bonds is 4. The highest BCUT2D eigenvalue weighted by Crippen LogP contribution is 2.29. The summed E-state index contributed by atoms with van der Waals surface area (Å²) in [4.78, 5) is 0. The van der Waals surface area contributed by atoms with Gasteiger partial charge in [-0.05, 0) is 23.8 Å². The lowest BCUT2D eigenvalue weighted by atomic mass is 9.99. The Morgan fingerprint density at radius 2 is 2.12 bits per heavy atom. The Bertz CT molecular complexity index is 438. The highest BCUT2D eigenvalue weighted by atomic mass is 35.5. The molecule has 0 aliphatic carbocycles. The van der Waals surface area contributed by atoms with Gasteiger partial charge in [-0.1, -0.05) is 43.0 Å². The summed E-state index contributed by atoms with van der Waals surface area (Å²) in [6.45, 7) is 7.20. The first-order valence-electron chi connectivity index (χ1n) is 4.78. The first-order valence-corrected chi connectivity index (χ1v) is 5.16. The second-order valence-electron chi connectivity index (χ2n) is 3.28. The molecule has 1 unspecified atom stereocenters. The van der Waals surface area contributed by atoms with E-state index >= 15 is 0 Å². The van der Waals surface area contributed by atoms with E-state index in [1.54, 1.807) is 36.4 Å². The Balaban J connectivity index is 3.17. The van der Waals surface area contributed by atoms with Crippen molar-refractivity contribution < 1.29 is 5.11 Å². The Kier molecular flexibility index (Phi) is 4.35. The van der Waals surface area contributed by atoms with Gasteiger partial charge in [-0.25, -0.2) is 0 Å². The maximum Gasteiger partial charge on any atom is 0.106 e. The van der Waals surface area contributed by atoms with Crippen molar-refractivity contribution in [1.82, 2.24) is 0 Å². The monoisotopic (exact) mass is 235 g/mol. The molecular weight excluding hydrogens is 222 g/mol. The van der Waals surface area contributed by atoms with Crippen LogP contribution in [0.5, 0.6) is 0 Å². The Hall–Kier alpha value is -1.51. The van der Waals surface area contributed by atoms with Crippen LogP contribution in [0.4, 0.5) is 5.69 Å². The molecule has 0 saturated carbocycles. The van der Waals surface area contributed by atoms with Crippen molar-refractivity contribution in [2.75, 3.05) is 5.73 Å². The van der Waals surface area contributed by atoms with Crippen LogP contribution in [0.1, 0.15) is 11.7 Å². The van der Waals surface area contributed by atoms with Crippen LogP contribution in [0.15, 0.2) is 55.2 Å². The van der Waals surface area contributed by atoms with E-state index < -0.39 is 6.10 Å². The largest absolute Gasteiger partial charge is 0.398 e. The maximum absolute atomic E-state index is 10.1. The lowest BCUT2D eigenvalue weighted by molar-refractivity contribution is 0.220. The molecule has 2 nitrogen and oxygen atoms in total. The summed E-state index contributed by atoms with van der Waals surface area (Å²) in [5.74, 6) is 0. The molecule has 0 fully saturated rings. The van der Waals surface area contributed by atoms with Crippen LogP contribution in [0, 0.1) is 0 Å². The number of nitrogens with two attached hydrogens (primary N) is 1. The summed E-state index contributed by atoms with van der Waals surface area (Å²) < 4.78 is 0. The summed E-state index contributed by atoms with van der Waals surface area (Å²) >= 11 is 5.85. The molecule has 0 heterocycles. The molecule has 0 radical (unpaired) electrons. The number of hydrogen-bond acceptors (Lipinski definition) is 2. The quantitative estimate of drug-likeness (QED) is 0.622. The number of aliphatic hydroxyl groups excluding tert-OH is 1. The Morgan fingerprint density at radius 3 is 2.69 bits per heavy atom. The first kappa shape index (κ1) is 12.6. The molecule has 0 aliphatic heterocycles. The lowest BCUT2D eigenvalue weighted by Crippen LogP contribution is -2.03. The predicted octanol–water partition coefficient (Wildman–Crippen LogP) is 3.25. The molecule has 1 rings (SSSR count). The molecule has 3 N–H and O–H groups in total. The normalized spacial score (nSPS) is 13.2. The van der Waals surface area contributed by atoms with Gasteiger partial charge in [0.15, 0.2) is 0 Å². The van der Waals surface area contributed by atoms with E-state index in [1.807, 2.05) is 0 Å². The SMILES string of the molecule is C=C/C=C(\C=C)C(O)c1cc(Cl)ccc1N. The number of anilines is 1. The fraction of sp³-hybridized carbons (Fsp3) is 0.0769. The van der Waals surface area contributed by atoms with Crippen LogP contribution in [0.3, 0.4) is 0 Å². The Labute approximate surface area is 100 Å². The number of nitrogen functional groups attached to an aromatic ring is 1. The number of benzene rings is 1. The minimum absolute atomic E-state index is 0.494. The summed E-state index contributed by atoms with van der Waals surface area (Å²) in [6.07, 6.45) is 3.99. The van der Waals surface area contributed by atoms with Crippen molar-refractivity contribution in [3.63, 3.8) is 0 Å². The molecule has 0 saturated heterocycles. The van der Waals surface area contributed by atoms with Gasteiger partial charge in [-0.15, -0.1) is 0 Å². The molecule has 0 spiro atoms. The Morgan fingerprint density at radius 1 is 1.44 bits per heavy atom. The second kappa shape index (κ2) is 5.54. The molecular formula is C13H14ClNO. The molecule has 0 bridgehead atoms. The van der Waals surface area contributed by atoms with E-state index in [9.17, 15) is 5.11 Å². The van der Waals surface area contributed by atoms with Gasteiger partial charge in [0, 0.05) is 16.3 Å². The topological polar surface area (TPSA) is 46.2 Å². The van der Waals surface area contributed by atoms with Crippen molar-refractivity contribution in [1.29, 1.82) is 0 Å². The van der Waals surface area contributed by atoms with Crippen molar-refractivity contribution in [3.05, 3.63) is 65.7 Å². The van der Waals surface area contributed by atoms with Crippen LogP contribution < -0.4 is 5.73 Å². The van der Waals surface area contributed by atoms with Crippen LogP contribution in [0.25, 0.3) is 0 Å². The fourth-order valence-corrected chi connectivity index (χ4v) is 1.55. The van der Waals surface area contributed by atoms with Gasteiger partial charge < -0.3 is 10.8 Å². The third-order valence-corrected chi connectivity index (χ3v) is 2.44. The molecule has 1 aromatic rings. The average molecular weight is 236 g/mol. The zero-order valence-electron chi connectivity index (χ0n) is 8.86. The summed E-state index contributed by atoms with van der Waals surface area (Å²) in [6, 6.07) is 4.98. The standard InChI is InChI=1S/C13H14ClNO/c1-3-5-9(4-2)13(16)11-8-10(14)6-7-12(11)15/h3-8,13,16H,1-2,15H2/b9-5+. The van der Waals surface area contributed by atoms with Crippen molar-refractivity contribution in [2.45, 2.75) is 6.10 Å². The van der Waals surface area contributed by atoms with Gasteiger partial charge in [0.25, 0.3) is 0 Å². The van der Waals surface area contributed by atoms with Crippen LogP contribution in [-0.4, -0.2) is 5.11 Å². The number of hydrogen-bond donors (Lipinski definition) is 2. The molecule has 0 amide bonds. The van der Waals surface area contributed by atoms with Crippen molar-refractivity contribution in [2.24, 2.45) is 0 Å². The highest BCUT2D eigenvalue weighted by molar-refractivity contribution is 6.30. The summed E-state index contributed by atoms with van der Waals surface area (Å²) in [7, 11) is 0. The zero-order chi connectivity index (χ0) is 12.1. The highest BCUT2D eigenvalue weighted by Gasteiger charge is 2.13. The molecule has 0 aromatic heterocycles. The first-order chi connectivity index (χ1) is 7.60. The van der Waals surface area contributed by atoms with E-state index in [1.165, 1.54) is 0 Å². The van der Waals surface area contributed by atoms with Gasteiger partial charge in [0.05, 0.1) is 0 Å². The van der Waals surface area contributed by atoms with Gasteiger partial charge in [0.1, 0.15) is 6.10 Å². The third-order valence-electron chi connectivity index (χ3n) is 2.21. The van der Waals surface area contributed by atoms with E-state index in [2.05, 4.69) is 13.2 Å². The molecule has 1 aromatic carbocycles. The number of aliphatic hydroxyl groups is 1. The van der Waals surface area contributed by atoms with Crippen molar-refractivity contribution in [3.8, 4) is 0 Å². The van der Waals surface area contributed by atoms with Crippen LogP contribution in [-0.2, 0) is 0 Å². The number of halogens is 1. The van der Waals surface area contributed by atoms with Gasteiger partial charge in [-0.2, -0.15) is 0 Å². The van der Waals surface area contributed by atoms with Crippen LogP contribution in [0.2, 0.25) is 5.02 Å². The van der Waals surface area contributed by atoms with Crippen molar-refractivity contribution >= 4 is 17.3 Å². The van der Waals surface area contributed by atoms with E-state index in [0.717, 1.165) is 0 Å². The fourth-order valence-electron chi connectivity index (χ4n) is 1.37. The lowest BCUT2D eigenvalue weighted by Gasteiger charge is -2.14.